The number of halogens is 3. The van der Waals surface area contributed by atoms with Gasteiger partial charge in [-0.1, -0.05) is 0 Å². The second-order valence-corrected chi connectivity index (χ2v) is 6.25. The zero-order valence-corrected chi connectivity index (χ0v) is 15.3. The third kappa shape index (κ3) is 4.09. The van der Waals surface area contributed by atoms with E-state index < -0.39 is 18.5 Å². The number of hydrogen-bond donors (Lipinski definition) is 2. The number of amidine groups is 1. The highest BCUT2D eigenvalue weighted by molar-refractivity contribution is 6.03. The molecular formula is C18H17F3N6O2. The Labute approximate surface area is 163 Å². The van der Waals surface area contributed by atoms with Gasteiger partial charge < -0.3 is 10.1 Å². The summed E-state index contributed by atoms with van der Waals surface area (Å²) >= 11 is 0. The van der Waals surface area contributed by atoms with Crippen LogP contribution in [0.5, 0.6) is 5.75 Å². The Kier molecular flexibility index (Phi) is 5.21. The molecule has 3 aromatic rings. The normalized spacial score (nSPS) is 15.1. The zero-order chi connectivity index (χ0) is 20.4. The van der Waals surface area contributed by atoms with Gasteiger partial charge in [0.25, 0.3) is 0 Å². The molecule has 0 unspecified atom stereocenters. The number of hydroxylamine groups is 1. The standard InChI is InChI=1S/C18H17F3N6O2/c1-10(12-8-11(19)2-3-14(12)29-18(20)21)24-15-4-6-27-17(25-15)13(9-23-27)16-22-5-7-28-26-16/h2-4,6,8-10,18H,5,7H2,1H3,(H,22,26)(H,24,25)/t10-/m1/s1. The van der Waals surface area contributed by atoms with E-state index in [1.165, 1.54) is 6.07 Å². The van der Waals surface area contributed by atoms with Crippen LogP contribution in [0.4, 0.5) is 19.0 Å². The summed E-state index contributed by atoms with van der Waals surface area (Å²) in [7, 11) is 0. The number of alkyl halides is 2. The molecule has 0 saturated carbocycles. The van der Waals surface area contributed by atoms with Crippen LogP contribution in [0.3, 0.4) is 0 Å². The van der Waals surface area contributed by atoms with Gasteiger partial charge in [0.1, 0.15) is 17.4 Å². The van der Waals surface area contributed by atoms with Gasteiger partial charge >= 0.3 is 6.61 Å². The molecule has 1 aromatic carbocycles. The fourth-order valence-electron chi connectivity index (χ4n) is 2.97. The molecule has 0 fully saturated rings. The quantitative estimate of drug-likeness (QED) is 0.655. The Morgan fingerprint density at radius 1 is 1.31 bits per heavy atom. The van der Waals surface area contributed by atoms with Gasteiger partial charge in [-0.05, 0) is 31.2 Å². The molecule has 2 N–H and O–H groups in total. The fraction of sp³-hybridized carbons (Fsp3) is 0.278. The summed E-state index contributed by atoms with van der Waals surface area (Å²) in [6, 6.07) is 4.50. The van der Waals surface area contributed by atoms with E-state index in [2.05, 4.69) is 30.6 Å². The highest BCUT2D eigenvalue weighted by Crippen LogP contribution is 2.29. The molecule has 1 aliphatic rings. The minimum atomic E-state index is -3.01. The average Bonchev–Trinajstić information content (AvgIpc) is 3.13. The number of nitrogens with zero attached hydrogens (tertiary/aromatic N) is 4. The number of benzene rings is 1. The SMILES string of the molecule is C[C@@H](Nc1ccn2ncc(C3=NCCON3)c2n1)c1cc(F)ccc1OC(F)F. The molecular weight excluding hydrogens is 389 g/mol. The molecule has 4 rings (SSSR count). The summed E-state index contributed by atoms with van der Waals surface area (Å²) in [6.07, 6.45) is 3.30. The fourth-order valence-corrected chi connectivity index (χ4v) is 2.97. The first kappa shape index (κ1) is 19.0. The van der Waals surface area contributed by atoms with Gasteiger partial charge in [0, 0.05) is 11.8 Å². The predicted molar refractivity (Wildman–Crippen MR) is 98.5 cm³/mol. The Morgan fingerprint density at radius 2 is 2.17 bits per heavy atom. The molecule has 0 saturated heterocycles. The Balaban J connectivity index is 1.63. The molecule has 3 heterocycles. The number of aromatic nitrogens is 3. The van der Waals surface area contributed by atoms with Crippen molar-refractivity contribution >= 4 is 17.3 Å². The van der Waals surface area contributed by atoms with Crippen molar-refractivity contribution < 1.29 is 22.7 Å². The molecule has 0 spiro atoms. The number of ether oxygens (including phenoxy) is 1. The van der Waals surface area contributed by atoms with E-state index in [-0.39, 0.29) is 11.3 Å². The number of hydrogen-bond acceptors (Lipinski definition) is 7. The van der Waals surface area contributed by atoms with Crippen LogP contribution in [0, 0.1) is 5.82 Å². The van der Waals surface area contributed by atoms with E-state index in [0.29, 0.717) is 36.0 Å². The molecule has 0 amide bonds. The second kappa shape index (κ2) is 7.95. The summed E-state index contributed by atoms with van der Waals surface area (Å²) in [5, 5.41) is 7.30. The first-order valence-corrected chi connectivity index (χ1v) is 8.79. The second-order valence-electron chi connectivity index (χ2n) is 6.25. The Hall–Kier alpha value is -3.34. The van der Waals surface area contributed by atoms with Gasteiger partial charge in [-0.25, -0.2) is 19.4 Å². The maximum absolute atomic E-state index is 13.7. The lowest BCUT2D eigenvalue weighted by molar-refractivity contribution is -0.0505. The van der Waals surface area contributed by atoms with Gasteiger partial charge in [-0.2, -0.15) is 13.9 Å². The van der Waals surface area contributed by atoms with Crippen molar-refractivity contribution in [2.45, 2.75) is 19.6 Å². The zero-order valence-electron chi connectivity index (χ0n) is 15.3. The minimum absolute atomic E-state index is 0.106. The Morgan fingerprint density at radius 3 is 2.93 bits per heavy atom. The van der Waals surface area contributed by atoms with Crippen molar-refractivity contribution in [3.63, 3.8) is 0 Å². The third-order valence-electron chi connectivity index (χ3n) is 4.28. The number of fused-ring (bicyclic) bond motifs is 1. The molecule has 0 aliphatic carbocycles. The van der Waals surface area contributed by atoms with Gasteiger partial charge in [0.15, 0.2) is 11.5 Å². The maximum atomic E-state index is 13.7. The van der Waals surface area contributed by atoms with E-state index >= 15 is 0 Å². The highest BCUT2D eigenvalue weighted by Gasteiger charge is 2.18. The van der Waals surface area contributed by atoms with E-state index in [9.17, 15) is 13.2 Å². The van der Waals surface area contributed by atoms with E-state index in [1.54, 1.807) is 29.9 Å². The lowest BCUT2D eigenvalue weighted by atomic mass is 10.1. The van der Waals surface area contributed by atoms with Gasteiger partial charge in [0.2, 0.25) is 0 Å². The largest absolute Gasteiger partial charge is 0.434 e. The lowest BCUT2D eigenvalue weighted by Crippen LogP contribution is -2.30. The van der Waals surface area contributed by atoms with Gasteiger partial charge in [-0.15, -0.1) is 0 Å². The van der Waals surface area contributed by atoms with E-state index in [4.69, 9.17) is 4.84 Å². The molecule has 152 valence electrons. The van der Waals surface area contributed by atoms with Gasteiger partial charge in [-0.3, -0.25) is 9.83 Å². The van der Waals surface area contributed by atoms with Crippen molar-refractivity contribution in [2.24, 2.45) is 4.99 Å². The molecule has 0 bridgehead atoms. The number of rotatable bonds is 6. The van der Waals surface area contributed by atoms with Crippen LogP contribution in [0.25, 0.3) is 5.65 Å². The molecule has 11 heteroatoms. The first-order chi connectivity index (χ1) is 14.0. The summed E-state index contributed by atoms with van der Waals surface area (Å²) in [5.41, 5.74) is 4.14. The summed E-state index contributed by atoms with van der Waals surface area (Å²) in [5.74, 6) is 0.293. The van der Waals surface area contributed by atoms with E-state index in [1.807, 2.05) is 0 Å². The van der Waals surface area contributed by atoms with Crippen molar-refractivity contribution in [1.82, 2.24) is 20.1 Å². The summed E-state index contributed by atoms with van der Waals surface area (Å²) < 4.78 is 45.1. The number of nitrogens with one attached hydrogen (secondary N) is 2. The topological polar surface area (TPSA) is 85.1 Å². The van der Waals surface area contributed by atoms with Crippen LogP contribution < -0.4 is 15.5 Å². The third-order valence-corrected chi connectivity index (χ3v) is 4.28. The number of aliphatic imine (C=N–C) groups is 1. The van der Waals surface area contributed by atoms with Crippen molar-refractivity contribution in [3.8, 4) is 5.75 Å². The molecule has 1 aliphatic heterocycles. The van der Waals surface area contributed by atoms with Crippen molar-refractivity contribution in [2.75, 3.05) is 18.5 Å². The molecule has 0 radical (unpaired) electrons. The van der Waals surface area contributed by atoms with Crippen LogP contribution in [-0.2, 0) is 4.84 Å². The van der Waals surface area contributed by atoms with Crippen molar-refractivity contribution in [3.05, 3.63) is 53.6 Å². The van der Waals surface area contributed by atoms with Crippen LogP contribution in [0.15, 0.2) is 41.7 Å². The van der Waals surface area contributed by atoms with Crippen LogP contribution in [0.2, 0.25) is 0 Å². The lowest BCUT2D eigenvalue weighted by Gasteiger charge is -2.19. The number of anilines is 1. The smallest absolute Gasteiger partial charge is 0.387 e. The van der Waals surface area contributed by atoms with E-state index in [0.717, 1.165) is 12.1 Å². The van der Waals surface area contributed by atoms with Crippen LogP contribution in [0.1, 0.15) is 24.1 Å². The van der Waals surface area contributed by atoms with Crippen LogP contribution >= 0.6 is 0 Å². The first-order valence-electron chi connectivity index (χ1n) is 8.79. The summed E-state index contributed by atoms with van der Waals surface area (Å²) in [6.45, 7) is -0.337. The maximum Gasteiger partial charge on any atom is 0.387 e. The molecule has 29 heavy (non-hydrogen) atoms. The predicted octanol–water partition coefficient (Wildman–Crippen LogP) is 2.92. The molecule has 2 aromatic heterocycles. The monoisotopic (exact) mass is 406 g/mol. The molecule has 8 nitrogen and oxygen atoms in total. The van der Waals surface area contributed by atoms with Gasteiger partial charge in [0.05, 0.1) is 31.0 Å². The highest BCUT2D eigenvalue weighted by atomic mass is 19.3. The summed E-state index contributed by atoms with van der Waals surface area (Å²) in [4.78, 5) is 14.1. The van der Waals surface area contributed by atoms with Crippen LogP contribution in [-0.4, -0.2) is 40.2 Å². The van der Waals surface area contributed by atoms with Crippen molar-refractivity contribution in [1.29, 1.82) is 0 Å². The average molecular weight is 406 g/mol. The Bertz CT molecular complexity index is 1060. The minimum Gasteiger partial charge on any atom is -0.434 e. The molecule has 1 atom stereocenters.